The maximum atomic E-state index is 5.01. The molecule has 0 aliphatic carbocycles. The van der Waals surface area contributed by atoms with Crippen LogP contribution in [0.5, 0.6) is 0 Å². The van der Waals surface area contributed by atoms with Gasteiger partial charge in [-0.15, -0.1) is 0 Å². The van der Waals surface area contributed by atoms with Crippen LogP contribution in [0.15, 0.2) is 77.8 Å². The van der Waals surface area contributed by atoms with Gasteiger partial charge in [0.25, 0.3) is 0 Å². The average Bonchev–Trinajstić information content (AvgIpc) is 2.85. The number of para-hydroxylation sites is 2. The van der Waals surface area contributed by atoms with Crippen molar-refractivity contribution in [1.29, 1.82) is 0 Å². The highest BCUT2D eigenvalue weighted by atomic mass is 14.9. The number of allylic oxidation sites excluding steroid dienone is 2. The van der Waals surface area contributed by atoms with Crippen molar-refractivity contribution in [3.8, 4) is 0 Å². The Morgan fingerprint density at radius 3 is 2.54 bits per heavy atom. The van der Waals surface area contributed by atoms with Gasteiger partial charge in [-0.1, -0.05) is 48.5 Å². The molecule has 3 aromatic carbocycles. The predicted molar refractivity (Wildman–Crippen MR) is 111 cm³/mol. The summed E-state index contributed by atoms with van der Waals surface area (Å²) in [5, 5.41) is 2.59. The molecule has 0 amide bonds. The minimum Gasteiger partial charge on any atom is -0.344 e. The standard InChI is InChI=1S/C24H20N2/c1-16-11-13-21(25-22-9-5-3-7-18(16)22)17-12-14-24-20(15-17)19-8-4-6-10-23(19)26(24)2/h3-12,14-15H,13H2,1-2H3. The Bertz CT molecular complexity index is 1220. The minimum absolute atomic E-state index is 0.858. The minimum atomic E-state index is 0.858. The lowest BCUT2D eigenvalue weighted by atomic mass is 10.0. The van der Waals surface area contributed by atoms with Crippen LogP contribution in [0.1, 0.15) is 24.5 Å². The number of fused-ring (bicyclic) bond motifs is 4. The Morgan fingerprint density at radius 2 is 1.62 bits per heavy atom. The quantitative estimate of drug-likeness (QED) is 0.390. The fraction of sp³-hybridized carbons (Fsp3) is 0.125. The average molecular weight is 336 g/mol. The molecule has 26 heavy (non-hydrogen) atoms. The van der Waals surface area contributed by atoms with Crippen LogP contribution in [-0.2, 0) is 7.05 Å². The van der Waals surface area contributed by atoms with Crippen molar-refractivity contribution in [3.05, 3.63) is 83.9 Å². The Morgan fingerprint density at radius 1 is 0.846 bits per heavy atom. The number of aryl methyl sites for hydroxylation is 1. The predicted octanol–water partition coefficient (Wildman–Crippen LogP) is 6.26. The molecule has 0 N–H and O–H groups in total. The third-order valence-corrected chi connectivity index (χ3v) is 5.43. The molecule has 0 fully saturated rings. The van der Waals surface area contributed by atoms with Crippen molar-refractivity contribution in [3.63, 3.8) is 0 Å². The Hall–Kier alpha value is -3.13. The summed E-state index contributed by atoms with van der Waals surface area (Å²) in [6.45, 7) is 2.17. The third kappa shape index (κ3) is 2.22. The van der Waals surface area contributed by atoms with Crippen LogP contribution in [0, 0.1) is 0 Å². The van der Waals surface area contributed by atoms with Crippen LogP contribution < -0.4 is 0 Å². The Balaban J connectivity index is 1.73. The van der Waals surface area contributed by atoms with Crippen LogP contribution in [0.3, 0.4) is 0 Å². The molecule has 0 saturated heterocycles. The molecule has 5 rings (SSSR count). The monoisotopic (exact) mass is 336 g/mol. The SMILES string of the molecule is CC1=CCC(c2ccc3c(c2)c2ccccc2n3C)=Nc2ccccc21. The zero-order valence-corrected chi connectivity index (χ0v) is 15.0. The molecule has 2 nitrogen and oxygen atoms in total. The van der Waals surface area contributed by atoms with E-state index in [1.807, 2.05) is 0 Å². The third-order valence-electron chi connectivity index (χ3n) is 5.43. The van der Waals surface area contributed by atoms with Gasteiger partial charge in [0.1, 0.15) is 0 Å². The molecule has 4 aromatic rings. The molecule has 1 aliphatic rings. The van der Waals surface area contributed by atoms with E-state index in [4.69, 9.17) is 4.99 Å². The topological polar surface area (TPSA) is 17.3 Å². The maximum Gasteiger partial charge on any atom is 0.0708 e. The number of benzene rings is 3. The van der Waals surface area contributed by atoms with Crippen molar-refractivity contribution in [2.24, 2.45) is 12.0 Å². The normalized spacial score (nSPS) is 14.1. The van der Waals surface area contributed by atoms with Crippen molar-refractivity contribution < 1.29 is 0 Å². The molecule has 0 spiro atoms. The number of nitrogens with zero attached hydrogens (tertiary/aromatic N) is 2. The largest absolute Gasteiger partial charge is 0.344 e. The number of hydrogen-bond acceptors (Lipinski definition) is 1. The lowest BCUT2D eigenvalue weighted by Gasteiger charge is -2.06. The molecule has 2 heteroatoms. The van der Waals surface area contributed by atoms with E-state index >= 15 is 0 Å². The molecule has 0 saturated carbocycles. The van der Waals surface area contributed by atoms with E-state index in [1.54, 1.807) is 0 Å². The molecule has 0 unspecified atom stereocenters. The van der Waals surface area contributed by atoms with Gasteiger partial charge in [-0.05, 0) is 42.3 Å². The molecule has 126 valence electrons. The van der Waals surface area contributed by atoms with Crippen LogP contribution >= 0.6 is 0 Å². The number of rotatable bonds is 1. The first-order valence-corrected chi connectivity index (χ1v) is 9.03. The second-order valence-corrected chi connectivity index (χ2v) is 6.98. The summed E-state index contributed by atoms with van der Waals surface area (Å²) < 4.78 is 2.27. The summed E-state index contributed by atoms with van der Waals surface area (Å²) in [6, 6.07) is 23.7. The van der Waals surface area contributed by atoms with Crippen LogP contribution in [0.2, 0.25) is 0 Å². The molecule has 1 aliphatic heterocycles. The Kier molecular flexibility index (Phi) is 3.32. The van der Waals surface area contributed by atoms with Gasteiger partial charge in [0.15, 0.2) is 0 Å². The molecule has 2 heterocycles. The van der Waals surface area contributed by atoms with Crippen molar-refractivity contribution in [1.82, 2.24) is 4.57 Å². The lowest BCUT2D eigenvalue weighted by molar-refractivity contribution is 1.01. The number of aliphatic imine (C=N–C) groups is 1. The van der Waals surface area contributed by atoms with Gasteiger partial charge in [-0.3, -0.25) is 4.99 Å². The fourth-order valence-corrected chi connectivity index (χ4v) is 3.99. The van der Waals surface area contributed by atoms with E-state index in [0.29, 0.717) is 0 Å². The van der Waals surface area contributed by atoms with E-state index < -0.39 is 0 Å². The first kappa shape index (κ1) is 15.2. The molecular weight excluding hydrogens is 316 g/mol. The first-order valence-electron chi connectivity index (χ1n) is 9.03. The number of hydrogen-bond donors (Lipinski definition) is 0. The fourth-order valence-electron chi connectivity index (χ4n) is 3.99. The highest BCUT2D eigenvalue weighted by molar-refractivity contribution is 6.12. The maximum absolute atomic E-state index is 5.01. The van der Waals surface area contributed by atoms with Gasteiger partial charge in [0.2, 0.25) is 0 Å². The highest BCUT2D eigenvalue weighted by Gasteiger charge is 2.13. The van der Waals surface area contributed by atoms with Crippen LogP contribution in [0.25, 0.3) is 27.4 Å². The second kappa shape index (κ2) is 5.70. The van der Waals surface area contributed by atoms with Crippen LogP contribution in [0.4, 0.5) is 5.69 Å². The highest BCUT2D eigenvalue weighted by Crippen LogP contribution is 2.33. The molecular formula is C24H20N2. The zero-order chi connectivity index (χ0) is 17.7. The first-order chi connectivity index (χ1) is 12.7. The molecule has 0 atom stereocenters. The van der Waals surface area contributed by atoms with E-state index in [-0.39, 0.29) is 0 Å². The van der Waals surface area contributed by atoms with Crippen molar-refractivity contribution in [2.45, 2.75) is 13.3 Å². The summed E-state index contributed by atoms with van der Waals surface area (Å²) in [6.07, 6.45) is 3.15. The van der Waals surface area contributed by atoms with E-state index in [9.17, 15) is 0 Å². The van der Waals surface area contributed by atoms with Gasteiger partial charge in [-0.2, -0.15) is 0 Å². The summed E-state index contributed by atoms with van der Waals surface area (Å²) in [4.78, 5) is 5.01. The van der Waals surface area contributed by atoms with E-state index in [0.717, 1.165) is 17.8 Å². The van der Waals surface area contributed by atoms with Crippen molar-refractivity contribution >= 4 is 38.8 Å². The van der Waals surface area contributed by atoms with Gasteiger partial charge >= 0.3 is 0 Å². The lowest BCUT2D eigenvalue weighted by Crippen LogP contribution is -1.98. The zero-order valence-electron chi connectivity index (χ0n) is 15.0. The van der Waals surface area contributed by atoms with Crippen molar-refractivity contribution in [2.75, 3.05) is 0 Å². The van der Waals surface area contributed by atoms with Gasteiger partial charge in [-0.25, -0.2) is 0 Å². The Labute approximate surface area is 153 Å². The summed E-state index contributed by atoms with van der Waals surface area (Å²) in [7, 11) is 2.13. The van der Waals surface area contributed by atoms with Crippen LogP contribution in [-0.4, -0.2) is 10.3 Å². The van der Waals surface area contributed by atoms with Gasteiger partial charge < -0.3 is 4.57 Å². The van der Waals surface area contributed by atoms with Gasteiger partial charge in [0.05, 0.1) is 11.4 Å². The molecule has 1 aromatic heterocycles. The summed E-state index contributed by atoms with van der Waals surface area (Å²) >= 11 is 0. The molecule has 0 bridgehead atoms. The molecule has 0 radical (unpaired) electrons. The van der Waals surface area contributed by atoms with E-state index in [2.05, 4.69) is 91.3 Å². The number of aromatic nitrogens is 1. The van der Waals surface area contributed by atoms with E-state index in [1.165, 1.54) is 38.5 Å². The summed E-state index contributed by atoms with van der Waals surface area (Å²) in [5.74, 6) is 0. The summed E-state index contributed by atoms with van der Waals surface area (Å²) in [5.41, 5.74) is 8.45. The second-order valence-electron chi connectivity index (χ2n) is 6.98. The van der Waals surface area contributed by atoms with Gasteiger partial charge in [0, 0.05) is 40.8 Å². The smallest absolute Gasteiger partial charge is 0.0708 e.